The van der Waals surface area contributed by atoms with Crippen molar-refractivity contribution >= 4 is 29.5 Å². The van der Waals surface area contributed by atoms with Crippen molar-refractivity contribution in [1.82, 2.24) is 10.6 Å². The van der Waals surface area contributed by atoms with Crippen molar-refractivity contribution in [2.24, 2.45) is 0 Å². The molecule has 1 aromatic carbocycles. The second-order valence-electron chi connectivity index (χ2n) is 5.50. The normalized spacial score (nSPS) is 19.9. The Kier molecular flexibility index (Phi) is 5.10. The minimum Gasteiger partial charge on any atom is -0.467 e. The molecule has 0 unspecified atom stereocenters. The average Bonchev–Trinajstić information content (AvgIpc) is 2.65. The smallest absolute Gasteiger partial charge is 0.329 e. The fourth-order valence-corrected chi connectivity index (χ4v) is 2.92. The van der Waals surface area contributed by atoms with Crippen LogP contribution >= 0.6 is 11.8 Å². The first-order valence-corrected chi connectivity index (χ1v) is 7.86. The second-order valence-corrected chi connectivity index (χ2v) is 7.03. The van der Waals surface area contributed by atoms with Gasteiger partial charge >= 0.3 is 5.97 Å². The third-order valence-electron chi connectivity index (χ3n) is 3.42. The van der Waals surface area contributed by atoms with E-state index in [1.165, 1.54) is 18.9 Å². The van der Waals surface area contributed by atoms with Gasteiger partial charge in [-0.25, -0.2) is 4.79 Å². The molecule has 0 saturated carbocycles. The topological polar surface area (TPSA) is 84.5 Å². The zero-order valence-corrected chi connectivity index (χ0v) is 13.9. The fourth-order valence-electron chi connectivity index (χ4n) is 2.05. The molecule has 122 valence electrons. The lowest BCUT2D eigenvalue weighted by Gasteiger charge is -2.29. The molecule has 0 saturated heterocycles. The molecule has 6 nitrogen and oxygen atoms in total. The van der Waals surface area contributed by atoms with Crippen molar-refractivity contribution in [3.63, 3.8) is 0 Å². The van der Waals surface area contributed by atoms with Gasteiger partial charge < -0.3 is 15.4 Å². The molecular weight excluding hydrogens is 316 g/mol. The van der Waals surface area contributed by atoms with E-state index in [1.54, 1.807) is 35.7 Å². The number of hydrogen-bond donors (Lipinski definition) is 2. The Morgan fingerprint density at radius 3 is 2.52 bits per heavy atom. The zero-order valence-electron chi connectivity index (χ0n) is 13.1. The van der Waals surface area contributed by atoms with E-state index in [9.17, 15) is 14.4 Å². The number of benzene rings is 1. The summed E-state index contributed by atoms with van der Waals surface area (Å²) in [6, 6.07) is 7.77. The molecule has 1 aliphatic rings. The summed E-state index contributed by atoms with van der Waals surface area (Å²) in [5.74, 6) is -1.44. The van der Waals surface area contributed by atoms with Gasteiger partial charge in [-0.15, -0.1) is 11.8 Å². The number of amides is 2. The Hall–Kier alpha value is -2.28. The molecule has 0 fully saturated rings. The van der Waals surface area contributed by atoms with E-state index in [0.717, 1.165) is 0 Å². The quantitative estimate of drug-likeness (QED) is 0.817. The maximum Gasteiger partial charge on any atom is 0.329 e. The number of carbonyl (C=O) groups is 3. The largest absolute Gasteiger partial charge is 0.467 e. The van der Waals surface area contributed by atoms with E-state index in [4.69, 9.17) is 4.74 Å². The average molecular weight is 334 g/mol. The maximum atomic E-state index is 12.3. The van der Waals surface area contributed by atoms with Crippen LogP contribution in [-0.4, -0.2) is 35.7 Å². The first-order valence-electron chi connectivity index (χ1n) is 6.98. The molecule has 0 bridgehead atoms. The highest BCUT2D eigenvalue weighted by Crippen LogP contribution is 2.32. The second kappa shape index (κ2) is 6.87. The molecule has 1 heterocycles. The highest BCUT2D eigenvalue weighted by atomic mass is 32.2. The van der Waals surface area contributed by atoms with Gasteiger partial charge in [-0.2, -0.15) is 0 Å². The van der Waals surface area contributed by atoms with Crippen LogP contribution in [-0.2, 0) is 14.3 Å². The Labute approximate surface area is 138 Å². The lowest BCUT2D eigenvalue weighted by molar-refractivity contribution is -0.145. The lowest BCUT2D eigenvalue weighted by Crippen LogP contribution is -2.52. The number of thioether (sulfide) groups is 1. The summed E-state index contributed by atoms with van der Waals surface area (Å²) in [6.07, 6.45) is 0. The highest BCUT2D eigenvalue weighted by Gasteiger charge is 2.40. The molecule has 2 amide bonds. The van der Waals surface area contributed by atoms with E-state index < -0.39 is 22.7 Å². The molecule has 23 heavy (non-hydrogen) atoms. The van der Waals surface area contributed by atoms with Crippen LogP contribution in [0.2, 0.25) is 0 Å². The van der Waals surface area contributed by atoms with E-state index in [1.807, 2.05) is 13.8 Å². The molecular formula is C16H18N2O4S. The predicted molar refractivity (Wildman–Crippen MR) is 87.6 cm³/mol. The summed E-state index contributed by atoms with van der Waals surface area (Å²) >= 11 is 1.28. The van der Waals surface area contributed by atoms with Gasteiger partial charge in [0.1, 0.15) is 11.7 Å². The molecule has 0 radical (unpaired) electrons. The molecule has 2 N–H and O–H groups in total. The van der Waals surface area contributed by atoms with Crippen LogP contribution in [0.5, 0.6) is 0 Å². The molecule has 1 atom stereocenters. The molecule has 7 heteroatoms. The molecule has 2 rings (SSSR count). The minimum atomic E-state index is -0.813. The summed E-state index contributed by atoms with van der Waals surface area (Å²) < 4.78 is 4.13. The number of hydrogen-bond acceptors (Lipinski definition) is 5. The Morgan fingerprint density at radius 1 is 1.26 bits per heavy atom. The number of ether oxygens (including phenoxy) is 1. The summed E-state index contributed by atoms with van der Waals surface area (Å²) in [7, 11) is 1.27. The first-order chi connectivity index (χ1) is 10.8. The zero-order chi connectivity index (χ0) is 17.0. The number of esters is 1. The van der Waals surface area contributed by atoms with Crippen molar-refractivity contribution in [3.05, 3.63) is 47.0 Å². The van der Waals surface area contributed by atoms with Crippen LogP contribution in [0.3, 0.4) is 0 Å². The van der Waals surface area contributed by atoms with Crippen molar-refractivity contribution in [2.75, 3.05) is 7.11 Å². The van der Waals surface area contributed by atoms with E-state index in [-0.39, 0.29) is 11.6 Å². The van der Waals surface area contributed by atoms with Gasteiger partial charge in [0.05, 0.1) is 7.11 Å². The summed E-state index contributed by atoms with van der Waals surface area (Å²) in [6.45, 7) is 3.63. The lowest BCUT2D eigenvalue weighted by atomic mass is 10.0. The number of carbonyl (C=O) groups excluding carboxylic acids is 3. The third-order valence-corrected chi connectivity index (χ3v) is 4.61. The van der Waals surface area contributed by atoms with Gasteiger partial charge in [-0.3, -0.25) is 9.59 Å². The Bertz CT molecular complexity index is 655. The molecule has 1 aromatic rings. The SMILES string of the molecule is COC(=O)[C@@H]1NC(=O)C(NC(=O)c2ccccc2)=CSC1(C)C. The summed E-state index contributed by atoms with van der Waals surface area (Å²) in [4.78, 5) is 36.3. The van der Waals surface area contributed by atoms with Gasteiger partial charge in [0.15, 0.2) is 0 Å². The van der Waals surface area contributed by atoms with Crippen LogP contribution < -0.4 is 10.6 Å². The first kappa shape index (κ1) is 17.1. The molecule has 1 aliphatic heterocycles. The summed E-state index contributed by atoms with van der Waals surface area (Å²) in [5.41, 5.74) is 0.544. The van der Waals surface area contributed by atoms with Crippen molar-refractivity contribution in [1.29, 1.82) is 0 Å². The van der Waals surface area contributed by atoms with Crippen LogP contribution in [0.1, 0.15) is 24.2 Å². The van der Waals surface area contributed by atoms with Crippen LogP contribution in [0.25, 0.3) is 0 Å². The maximum absolute atomic E-state index is 12.3. The van der Waals surface area contributed by atoms with E-state index in [0.29, 0.717) is 5.56 Å². The molecule has 0 aliphatic carbocycles. The number of methoxy groups -OCH3 is 1. The molecule has 0 spiro atoms. The number of rotatable bonds is 3. The van der Waals surface area contributed by atoms with Crippen molar-refractivity contribution in [2.45, 2.75) is 24.6 Å². The number of nitrogens with one attached hydrogen (secondary N) is 2. The van der Waals surface area contributed by atoms with Crippen LogP contribution in [0.4, 0.5) is 0 Å². The van der Waals surface area contributed by atoms with Gasteiger partial charge in [0.2, 0.25) is 0 Å². The third kappa shape index (κ3) is 3.92. The highest BCUT2D eigenvalue weighted by molar-refractivity contribution is 8.03. The summed E-state index contributed by atoms with van der Waals surface area (Å²) in [5, 5.41) is 6.74. The van der Waals surface area contributed by atoms with Crippen LogP contribution in [0, 0.1) is 0 Å². The standard InChI is InChI=1S/C16H18N2O4S/c1-16(2)12(15(21)22-3)18-14(20)11(9-23-16)17-13(19)10-7-5-4-6-8-10/h4-9,12H,1-3H3,(H,17,19)(H,18,20)/t12-/m0/s1. The molecule has 0 aromatic heterocycles. The predicted octanol–water partition coefficient (Wildman–Crippen LogP) is 1.44. The minimum absolute atomic E-state index is 0.100. The van der Waals surface area contributed by atoms with E-state index >= 15 is 0 Å². The van der Waals surface area contributed by atoms with Gasteiger partial charge in [-0.1, -0.05) is 18.2 Å². The van der Waals surface area contributed by atoms with Gasteiger partial charge in [0, 0.05) is 15.7 Å². The monoisotopic (exact) mass is 334 g/mol. The van der Waals surface area contributed by atoms with Crippen molar-refractivity contribution < 1.29 is 19.1 Å². The van der Waals surface area contributed by atoms with Crippen LogP contribution in [0.15, 0.2) is 41.4 Å². The van der Waals surface area contributed by atoms with Crippen molar-refractivity contribution in [3.8, 4) is 0 Å². The van der Waals surface area contributed by atoms with Gasteiger partial charge in [-0.05, 0) is 26.0 Å². The Morgan fingerprint density at radius 2 is 1.91 bits per heavy atom. The Balaban J connectivity index is 2.18. The van der Waals surface area contributed by atoms with E-state index in [2.05, 4.69) is 10.6 Å². The fraction of sp³-hybridized carbons (Fsp3) is 0.312. The van der Waals surface area contributed by atoms with Gasteiger partial charge in [0.25, 0.3) is 11.8 Å².